The molecule has 4 nitrogen and oxygen atoms in total. The number of hydrogen-bond acceptors (Lipinski definition) is 4. The highest BCUT2D eigenvalue weighted by atomic mass is 127. The van der Waals surface area contributed by atoms with E-state index >= 15 is 0 Å². The molecule has 0 unspecified atom stereocenters. The molecule has 0 aromatic heterocycles. The lowest BCUT2D eigenvalue weighted by atomic mass is 10.1. The Morgan fingerprint density at radius 1 is 1.00 bits per heavy atom. The van der Waals surface area contributed by atoms with Gasteiger partial charge < -0.3 is 9.47 Å². The molecule has 0 aliphatic rings. The van der Waals surface area contributed by atoms with Gasteiger partial charge in [0.15, 0.2) is 0 Å². The molecule has 120 valence electrons. The summed E-state index contributed by atoms with van der Waals surface area (Å²) in [6.45, 7) is 5.53. The van der Waals surface area contributed by atoms with Gasteiger partial charge >= 0.3 is 11.9 Å². The third-order valence-corrected chi connectivity index (χ3v) is 4.19. The van der Waals surface area contributed by atoms with Crippen molar-refractivity contribution < 1.29 is 19.1 Å². The van der Waals surface area contributed by atoms with Crippen LogP contribution in [-0.2, 0) is 4.74 Å². The van der Waals surface area contributed by atoms with Crippen molar-refractivity contribution in [2.75, 3.05) is 0 Å². The van der Waals surface area contributed by atoms with E-state index in [9.17, 15) is 9.59 Å². The van der Waals surface area contributed by atoms with Gasteiger partial charge in [-0.25, -0.2) is 9.59 Å². The summed E-state index contributed by atoms with van der Waals surface area (Å²) in [7, 11) is 0. The van der Waals surface area contributed by atoms with Gasteiger partial charge in [-0.05, 0) is 79.3 Å². The van der Waals surface area contributed by atoms with Crippen LogP contribution in [0, 0.1) is 10.5 Å². The van der Waals surface area contributed by atoms with Crippen LogP contribution in [0.25, 0.3) is 0 Å². The molecule has 2 rings (SSSR count). The maximum Gasteiger partial charge on any atom is 0.343 e. The molecule has 0 saturated carbocycles. The molecule has 0 heterocycles. The molecule has 0 atom stereocenters. The summed E-state index contributed by atoms with van der Waals surface area (Å²) < 4.78 is 11.5. The van der Waals surface area contributed by atoms with Gasteiger partial charge in [-0.1, -0.05) is 12.1 Å². The Labute approximate surface area is 148 Å². The average Bonchev–Trinajstić information content (AvgIpc) is 2.49. The summed E-state index contributed by atoms with van der Waals surface area (Å²) in [6.07, 6.45) is -0.205. The molecular formula is C18H17IO4. The van der Waals surface area contributed by atoms with E-state index in [1.54, 1.807) is 44.2 Å². The Morgan fingerprint density at radius 3 is 2.35 bits per heavy atom. The summed E-state index contributed by atoms with van der Waals surface area (Å²) in [5.74, 6) is -0.594. The molecule has 2 aromatic rings. The second-order valence-corrected chi connectivity index (χ2v) is 6.50. The molecule has 0 bridgehead atoms. The molecule has 0 amide bonds. The third kappa shape index (κ3) is 4.79. The Balaban J connectivity index is 2.15. The Bertz CT molecular complexity index is 738. The number of esters is 2. The largest absolute Gasteiger partial charge is 0.459 e. The minimum atomic E-state index is -0.461. The number of ether oxygens (including phenoxy) is 2. The highest BCUT2D eigenvalue weighted by Crippen LogP contribution is 2.18. The SMILES string of the molecule is Cc1ccc(C(=O)Oc2cccc(C(=O)OC(C)C)c2)cc1I. The van der Waals surface area contributed by atoms with Gasteiger partial charge in [-0.15, -0.1) is 0 Å². The zero-order valence-corrected chi connectivity index (χ0v) is 15.3. The monoisotopic (exact) mass is 424 g/mol. The highest BCUT2D eigenvalue weighted by Gasteiger charge is 2.13. The van der Waals surface area contributed by atoms with Gasteiger partial charge in [0.1, 0.15) is 5.75 Å². The zero-order valence-electron chi connectivity index (χ0n) is 13.1. The van der Waals surface area contributed by atoms with E-state index in [0.29, 0.717) is 16.9 Å². The van der Waals surface area contributed by atoms with Crippen molar-refractivity contribution in [3.8, 4) is 5.75 Å². The lowest BCUT2D eigenvalue weighted by Crippen LogP contribution is -2.12. The molecule has 0 saturated heterocycles. The second-order valence-electron chi connectivity index (χ2n) is 5.34. The van der Waals surface area contributed by atoms with Gasteiger partial charge in [-0.3, -0.25) is 0 Å². The smallest absolute Gasteiger partial charge is 0.343 e. The van der Waals surface area contributed by atoms with Crippen LogP contribution < -0.4 is 4.74 Å². The quantitative estimate of drug-likeness (QED) is 0.415. The first-order chi connectivity index (χ1) is 10.9. The number of rotatable bonds is 4. The zero-order chi connectivity index (χ0) is 17.0. The van der Waals surface area contributed by atoms with Crippen LogP contribution in [0.15, 0.2) is 42.5 Å². The van der Waals surface area contributed by atoms with E-state index in [1.165, 1.54) is 6.07 Å². The Kier molecular flexibility index (Phi) is 5.76. The van der Waals surface area contributed by atoms with Crippen molar-refractivity contribution in [3.63, 3.8) is 0 Å². The number of benzene rings is 2. The van der Waals surface area contributed by atoms with Gasteiger partial charge in [-0.2, -0.15) is 0 Å². The average molecular weight is 424 g/mol. The molecular weight excluding hydrogens is 407 g/mol. The van der Waals surface area contributed by atoms with Crippen LogP contribution in [0.3, 0.4) is 0 Å². The van der Waals surface area contributed by atoms with E-state index in [2.05, 4.69) is 22.6 Å². The Morgan fingerprint density at radius 2 is 1.70 bits per heavy atom. The topological polar surface area (TPSA) is 52.6 Å². The van der Waals surface area contributed by atoms with Gasteiger partial charge in [0.05, 0.1) is 17.2 Å². The van der Waals surface area contributed by atoms with E-state index in [4.69, 9.17) is 9.47 Å². The van der Waals surface area contributed by atoms with Crippen LogP contribution in [0.5, 0.6) is 5.75 Å². The lowest BCUT2D eigenvalue weighted by molar-refractivity contribution is 0.0376. The molecule has 0 N–H and O–H groups in total. The van der Waals surface area contributed by atoms with Crippen molar-refractivity contribution in [3.05, 3.63) is 62.7 Å². The van der Waals surface area contributed by atoms with Crippen molar-refractivity contribution in [2.24, 2.45) is 0 Å². The number of hydrogen-bond donors (Lipinski definition) is 0. The molecule has 0 radical (unpaired) electrons. The molecule has 0 spiro atoms. The predicted octanol–water partition coefficient (Wildman–Crippen LogP) is 4.38. The summed E-state index contributed by atoms with van der Waals surface area (Å²) in [6, 6.07) is 11.8. The van der Waals surface area contributed by atoms with Gasteiger partial charge in [0, 0.05) is 3.57 Å². The van der Waals surface area contributed by atoms with Crippen LogP contribution >= 0.6 is 22.6 Å². The number of halogens is 1. The van der Waals surface area contributed by atoms with E-state index in [0.717, 1.165) is 9.13 Å². The fourth-order valence-corrected chi connectivity index (χ4v) is 2.37. The standard InChI is InChI=1S/C18H17IO4/c1-11(2)22-17(20)13-5-4-6-15(9-13)23-18(21)14-8-7-12(3)16(19)10-14/h4-11H,1-3H3. The molecule has 0 aliphatic heterocycles. The van der Waals surface area contributed by atoms with Crippen molar-refractivity contribution >= 4 is 34.5 Å². The number of aryl methyl sites for hydroxylation is 1. The molecule has 0 aliphatic carbocycles. The predicted molar refractivity (Wildman–Crippen MR) is 95.8 cm³/mol. The Hall–Kier alpha value is -1.89. The number of carbonyl (C=O) groups excluding carboxylic acids is 2. The minimum absolute atomic E-state index is 0.205. The summed E-state index contributed by atoms with van der Waals surface area (Å²) in [5.41, 5.74) is 1.92. The molecule has 5 heteroatoms. The van der Waals surface area contributed by atoms with E-state index < -0.39 is 11.9 Å². The minimum Gasteiger partial charge on any atom is -0.459 e. The summed E-state index contributed by atoms with van der Waals surface area (Å²) in [4.78, 5) is 24.1. The molecule has 2 aromatic carbocycles. The van der Waals surface area contributed by atoms with Crippen LogP contribution in [0.4, 0.5) is 0 Å². The fourth-order valence-electron chi connectivity index (χ4n) is 1.85. The van der Waals surface area contributed by atoms with Crippen molar-refractivity contribution in [1.29, 1.82) is 0 Å². The lowest BCUT2D eigenvalue weighted by Gasteiger charge is -2.09. The first kappa shape index (κ1) is 17.5. The maximum atomic E-state index is 12.2. The van der Waals surface area contributed by atoms with E-state index in [-0.39, 0.29) is 6.10 Å². The van der Waals surface area contributed by atoms with Crippen LogP contribution in [0.1, 0.15) is 40.1 Å². The first-order valence-electron chi connectivity index (χ1n) is 7.16. The van der Waals surface area contributed by atoms with Crippen molar-refractivity contribution in [2.45, 2.75) is 26.9 Å². The third-order valence-electron chi connectivity index (χ3n) is 3.03. The molecule has 23 heavy (non-hydrogen) atoms. The summed E-state index contributed by atoms with van der Waals surface area (Å²) in [5, 5.41) is 0. The van der Waals surface area contributed by atoms with Gasteiger partial charge in [0.2, 0.25) is 0 Å². The fraction of sp³-hybridized carbons (Fsp3) is 0.222. The van der Waals surface area contributed by atoms with Gasteiger partial charge in [0.25, 0.3) is 0 Å². The normalized spacial score (nSPS) is 10.5. The maximum absolute atomic E-state index is 12.2. The number of carbonyl (C=O) groups is 2. The molecule has 0 fully saturated rings. The van der Waals surface area contributed by atoms with Crippen molar-refractivity contribution in [1.82, 2.24) is 0 Å². The second kappa shape index (κ2) is 7.59. The van der Waals surface area contributed by atoms with E-state index in [1.807, 2.05) is 13.0 Å². The highest BCUT2D eigenvalue weighted by molar-refractivity contribution is 14.1. The first-order valence-corrected chi connectivity index (χ1v) is 8.24. The summed E-state index contributed by atoms with van der Waals surface area (Å²) >= 11 is 2.17. The van der Waals surface area contributed by atoms with Crippen LogP contribution in [-0.4, -0.2) is 18.0 Å². The van der Waals surface area contributed by atoms with Crippen LogP contribution in [0.2, 0.25) is 0 Å².